The van der Waals surface area contributed by atoms with Crippen molar-refractivity contribution in [3.63, 3.8) is 0 Å². The van der Waals surface area contributed by atoms with Gasteiger partial charge >= 0.3 is 5.97 Å². The Morgan fingerprint density at radius 3 is 2.35 bits per heavy atom. The molecule has 2 unspecified atom stereocenters. The highest BCUT2D eigenvalue weighted by Gasteiger charge is 2.25. The number of carbonyl (C=O) groups excluding carboxylic acids is 1. The third-order valence-electron chi connectivity index (χ3n) is 4.48. The molecule has 168 valence electrons. The number of nitrogens with one attached hydrogen (secondary N) is 1. The summed E-state index contributed by atoms with van der Waals surface area (Å²) >= 11 is 5.87. The molecule has 8 heteroatoms. The Labute approximate surface area is 187 Å². The van der Waals surface area contributed by atoms with Gasteiger partial charge in [-0.2, -0.15) is 0 Å². The lowest BCUT2D eigenvalue weighted by molar-refractivity contribution is -0.145. The third-order valence-corrected chi connectivity index (χ3v) is 4.73. The molecule has 0 saturated heterocycles. The maximum absolute atomic E-state index is 12.6. The van der Waals surface area contributed by atoms with Gasteiger partial charge in [0.2, 0.25) is 0 Å². The van der Waals surface area contributed by atoms with Gasteiger partial charge in [0.25, 0.3) is 5.91 Å². The smallest absolute Gasteiger partial charge is 0.308 e. The van der Waals surface area contributed by atoms with E-state index < -0.39 is 17.9 Å². The summed E-state index contributed by atoms with van der Waals surface area (Å²) in [7, 11) is 0. The minimum atomic E-state index is -0.997. The number of amides is 1. The van der Waals surface area contributed by atoms with Gasteiger partial charge in [0.15, 0.2) is 0 Å². The molecule has 0 heterocycles. The lowest BCUT2D eigenvalue weighted by Gasteiger charge is -2.22. The van der Waals surface area contributed by atoms with Crippen molar-refractivity contribution in [3.05, 3.63) is 70.7 Å². The summed E-state index contributed by atoms with van der Waals surface area (Å²) < 4.78 is 16.2. The van der Waals surface area contributed by atoms with Gasteiger partial charge in [-0.1, -0.05) is 41.9 Å². The molecular weight excluding hydrogens is 422 g/mol. The first-order chi connectivity index (χ1) is 15.0. The number of hydrogen-bond acceptors (Lipinski definition) is 5. The van der Waals surface area contributed by atoms with Crippen LogP contribution in [-0.4, -0.2) is 49.6 Å². The van der Waals surface area contributed by atoms with Crippen molar-refractivity contribution >= 4 is 23.5 Å². The number of benzene rings is 2. The fourth-order valence-electron chi connectivity index (χ4n) is 2.85. The molecule has 2 N–H and O–H groups in total. The van der Waals surface area contributed by atoms with Crippen molar-refractivity contribution in [1.29, 1.82) is 0 Å². The lowest BCUT2D eigenvalue weighted by atomic mass is 10.0. The van der Waals surface area contributed by atoms with Crippen LogP contribution in [0, 0.1) is 5.92 Å². The highest BCUT2D eigenvalue weighted by molar-refractivity contribution is 6.30. The molecule has 0 aromatic heterocycles. The second-order valence-corrected chi connectivity index (χ2v) is 7.37. The van der Waals surface area contributed by atoms with Gasteiger partial charge in [-0.15, -0.1) is 0 Å². The van der Waals surface area contributed by atoms with Gasteiger partial charge in [0.1, 0.15) is 6.79 Å². The standard InChI is InChI=1S/C23H28ClNO6/c1-2-29-16-31-15-21(25-22(26)18-8-10-20(24)11-9-18)12-19(23(27)28)14-30-13-17-6-4-3-5-7-17/h3-11,19,21H,2,12-16H2,1H3,(H,25,26)(H,27,28). The van der Waals surface area contributed by atoms with Crippen molar-refractivity contribution in [2.75, 3.05) is 26.6 Å². The van der Waals surface area contributed by atoms with E-state index in [1.807, 2.05) is 37.3 Å². The van der Waals surface area contributed by atoms with Crippen molar-refractivity contribution in [2.24, 2.45) is 5.92 Å². The summed E-state index contributed by atoms with van der Waals surface area (Å²) in [6.45, 7) is 2.84. The normalized spacial score (nSPS) is 12.8. The van der Waals surface area contributed by atoms with Crippen LogP contribution < -0.4 is 5.32 Å². The van der Waals surface area contributed by atoms with Crippen LogP contribution in [-0.2, 0) is 25.6 Å². The van der Waals surface area contributed by atoms with Crippen molar-refractivity contribution in [2.45, 2.75) is 26.0 Å². The van der Waals surface area contributed by atoms with E-state index in [2.05, 4.69) is 5.32 Å². The van der Waals surface area contributed by atoms with Crippen LogP contribution in [0.4, 0.5) is 0 Å². The average Bonchev–Trinajstić information content (AvgIpc) is 2.76. The number of ether oxygens (including phenoxy) is 3. The number of rotatable bonds is 14. The van der Waals surface area contributed by atoms with E-state index >= 15 is 0 Å². The van der Waals surface area contributed by atoms with Crippen LogP contribution in [0.15, 0.2) is 54.6 Å². The SMILES string of the molecule is CCOCOCC(CC(COCc1ccccc1)C(=O)O)NC(=O)c1ccc(Cl)cc1. The van der Waals surface area contributed by atoms with Gasteiger partial charge < -0.3 is 24.6 Å². The van der Waals surface area contributed by atoms with Gasteiger partial charge in [0, 0.05) is 17.2 Å². The van der Waals surface area contributed by atoms with Crippen molar-refractivity contribution in [3.8, 4) is 0 Å². The van der Waals surface area contributed by atoms with E-state index in [1.165, 1.54) is 0 Å². The van der Waals surface area contributed by atoms with E-state index in [0.29, 0.717) is 23.8 Å². The predicted molar refractivity (Wildman–Crippen MR) is 117 cm³/mol. The molecule has 2 aromatic carbocycles. The molecule has 0 saturated carbocycles. The fourth-order valence-corrected chi connectivity index (χ4v) is 2.97. The Balaban J connectivity index is 1.97. The van der Waals surface area contributed by atoms with Crippen molar-refractivity contribution < 1.29 is 28.9 Å². The summed E-state index contributed by atoms with van der Waals surface area (Å²) in [5.41, 5.74) is 1.38. The molecule has 0 spiro atoms. The number of carboxylic acids is 1. The zero-order valence-electron chi connectivity index (χ0n) is 17.5. The third kappa shape index (κ3) is 9.48. The van der Waals surface area contributed by atoms with Crippen LogP contribution in [0.1, 0.15) is 29.3 Å². The fraction of sp³-hybridized carbons (Fsp3) is 0.391. The van der Waals surface area contributed by atoms with Crippen LogP contribution in [0.3, 0.4) is 0 Å². The topological polar surface area (TPSA) is 94.1 Å². The lowest BCUT2D eigenvalue weighted by Crippen LogP contribution is -2.41. The molecule has 0 fully saturated rings. The van der Waals surface area contributed by atoms with E-state index in [4.69, 9.17) is 25.8 Å². The molecule has 2 aromatic rings. The number of aliphatic carboxylic acids is 1. The first-order valence-corrected chi connectivity index (χ1v) is 10.4. The summed E-state index contributed by atoms with van der Waals surface area (Å²) in [5, 5.41) is 13.0. The van der Waals surface area contributed by atoms with Gasteiger partial charge in [-0.05, 0) is 43.2 Å². The number of carbonyl (C=O) groups is 2. The first-order valence-electron chi connectivity index (χ1n) is 10.1. The van der Waals surface area contributed by atoms with Crippen molar-refractivity contribution in [1.82, 2.24) is 5.32 Å². The Morgan fingerprint density at radius 1 is 1.00 bits per heavy atom. The van der Waals surface area contributed by atoms with Gasteiger partial charge in [-0.3, -0.25) is 9.59 Å². The van der Waals surface area contributed by atoms with Gasteiger partial charge in [-0.25, -0.2) is 0 Å². The number of halogens is 1. The zero-order valence-corrected chi connectivity index (χ0v) is 18.2. The predicted octanol–water partition coefficient (Wildman–Crippen LogP) is 3.76. The Morgan fingerprint density at radius 2 is 1.71 bits per heavy atom. The molecule has 1 amide bonds. The van der Waals surface area contributed by atoms with Crippen LogP contribution in [0.2, 0.25) is 5.02 Å². The highest BCUT2D eigenvalue weighted by atomic mass is 35.5. The Hall–Kier alpha value is -2.45. The van der Waals surface area contributed by atoms with Crippen LogP contribution in [0.5, 0.6) is 0 Å². The quantitative estimate of drug-likeness (QED) is 0.337. The van der Waals surface area contributed by atoms with Crippen LogP contribution >= 0.6 is 11.6 Å². The van der Waals surface area contributed by atoms with Gasteiger partial charge in [0.05, 0.1) is 31.8 Å². The summed E-state index contributed by atoms with van der Waals surface area (Å²) in [6.07, 6.45) is 0.148. The maximum atomic E-state index is 12.6. The van der Waals surface area contributed by atoms with E-state index in [0.717, 1.165) is 5.56 Å². The minimum Gasteiger partial charge on any atom is -0.481 e. The van der Waals surface area contributed by atoms with E-state index in [1.54, 1.807) is 24.3 Å². The molecule has 31 heavy (non-hydrogen) atoms. The Kier molecular flexibility index (Phi) is 11.0. The molecule has 0 aliphatic heterocycles. The molecule has 0 aliphatic rings. The molecule has 2 rings (SSSR count). The number of hydrogen-bond donors (Lipinski definition) is 2. The molecule has 0 radical (unpaired) electrons. The van der Waals surface area contributed by atoms with Crippen LogP contribution in [0.25, 0.3) is 0 Å². The largest absolute Gasteiger partial charge is 0.481 e. The molecule has 0 bridgehead atoms. The highest BCUT2D eigenvalue weighted by Crippen LogP contribution is 2.13. The summed E-state index contributed by atoms with van der Waals surface area (Å²) in [6, 6.07) is 15.4. The summed E-state index contributed by atoms with van der Waals surface area (Å²) in [4.78, 5) is 24.4. The second-order valence-electron chi connectivity index (χ2n) is 6.93. The Bertz CT molecular complexity index is 799. The zero-order chi connectivity index (χ0) is 22.5. The average molecular weight is 450 g/mol. The molecule has 7 nitrogen and oxygen atoms in total. The van der Waals surface area contributed by atoms with E-state index in [-0.39, 0.29) is 32.3 Å². The molecule has 2 atom stereocenters. The first kappa shape index (κ1) is 24.8. The summed E-state index contributed by atoms with van der Waals surface area (Å²) in [5.74, 6) is -2.14. The molecular formula is C23H28ClNO6. The second kappa shape index (κ2) is 13.8. The number of carboxylic acid groups (broad SMARTS) is 1. The maximum Gasteiger partial charge on any atom is 0.308 e. The molecule has 0 aliphatic carbocycles. The monoisotopic (exact) mass is 449 g/mol. The minimum absolute atomic E-state index is 0.0169. The van der Waals surface area contributed by atoms with E-state index in [9.17, 15) is 14.7 Å².